The Morgan fingerprint density at radius 1 is 0.238 bits per heavy atom. The van der Waals surface area contributed by atoms with Crippen LogP contribution >= 0.6 is 0 Å². The quantitative estimate of drug-likeness (QED) is 0.143. The van der Waals surface area contributed by atoms with Gasteiger partial charge in [0.15, 0.2) is 17.5 Å². The maximum Gasteiger partial charge on any atom is 0.164 e. The number of benzene rings is 9. The molecule has 0 saturated heterocycles. The number of hydrogen-bond donors (Lipinski definition) is 0. The molecule has 298 valence electrons. The van der Waals surface area contributed by atoms with Crippen LogP contribution in [-0.4, -0.2) is 23.0 Å². The summed E-state index contributed by atoms with van der Waals surface area (Å²) in [5.74, 6) is 1.89. The predicted octanol–water partition coefficient (Wildman–Crippen LogP) is 14.0. The van der Waals surface area contributed by atoms with Crippen LogP contribution < -0.4 is 10.4 Å². The molecule has 1 aromatic heterocycles. The molecule has 10 aromatic rings. The van der Waals surface area contributed by atoms with Crippen molar-refractivity contribution in [3.05, 3.63) is 224 Å². The first kappa shape index (κ1) is 38.2. The van der Waals surface area contributed by atoms with Gasteiger partial charge in [-0.15, -0.1) is 0 Å². The number of rotatable bonds is 8. The van der Waals surface area contributed by atoms with Crippen LogP contribution in [0.3, 0.4) is 0 Å². The second kappa shape index (κ2) is 15.9. The minimum Gasteiger partial charge on any atom is -0.208 e. The third-order valence-corrected chi connectivity index (χ3v) is 16.1. The molecule has 0 unspecified atom stereocenters. The lowest BCUT2D eigenvalue weighted by atomic mass is 9.95. The predicted molar refractivity (Wildman–Crippen MR) is 266 cm³/mol. The van der Waals surface area contributed by atoms with E-state index in [1.54, 1.807) is 0 Å². The molecule has 9 aromatic carbocycles. The minimum atomic E-state index is -1.77. The van der Waals surface area contributed by atoms with E-state index in [9.17, 15) is 0 Å². The molecule has 11 rings (SSSR count). The average Bonchev–Trinajstić information content (AvgIpc) is 3.59. The summed E-state index contributed by atoms with van der Waals surface area (Å²) < 4.78 is 0. The van der Waals surface area contributed by atoms with Crippen LogP contribution in [-0.2, 0) is 0 Å². The molecule has 0 aliphatic carbocycles. The Morgan fingerprint density at radius 3 is 1.06 bits per heavy atom. The van der Waals surface area contributed by atoms with E-state index < -0.39 is 8.07 Å². The van der Waals surface area contributed by atoms with Gasteiger partial charge in [0.25, 0.3) is 0 Å². The van der Waals surface area contributed by atoms with Crippen molar-refractivity contribution < 1.29 is 0 Å². The van der Waals surface area contributed by atoms with Gasteiger partial charge in [-0.25, -0.2) is 15.0 Å². The summed E-state index contributed by atoms with van der Waals surface area (Å²) in [4.78, 5) is 15.4. The van der Waals surface area contributed by atoms with E-state index in [-0.39, 0.29) is 0 Å². The highest BCUT2D eigenvalue weighted by Crippen LogP contribution is 2.35. The third kappa shape index (κ3) is 7.31. The molecule has 3 nitrogen and oxygen atoms in total. The van der Waals surface area contributed by atoms with Crippen LogP contribution in [0.5, 0.6) is 0 Å². The van der Waals surface area contributed by atoms with Gasteiger partial charge < -0.3 is 0 Å². The molecule has 0 atom stereocenters. The van der Waals surface area contributed by atoms with Gasteiger partial charge in [-0.3, -0.25) is 0 Å². The zero-order chi connectivity index (χ0) is 42.3. The van der Waals surface area contributed by atoms with Gasteiger partial charge in [0.05, 0.1) is 0 Å². The maximum atomic E-state index is 5.12. The van der Waals surface area contributed by atoms with Gasteiger partial charge in [-0.2, -0.15) is 0 Å². The van der Waals surface area contributed by atoms with Crippen molar-refractivity contribution >= 4 is 18.4 Å². The largest absolute Gasteiger partial charge is 0.208 e. The van der Waals surface area contributed by atoms with Crippen molar-refractivity contribution in [2.75, 3.05) is 0 Å². The Hall–Kier alpha value is -7.79. The van der Waals surface area contributed by atoms with Gasteiger partial charge >= 0.3 is 0 Å². The van der Waals surface area contributed by atoms with E-state index in [2.05, 4.69) is 225 Å². The number of hydrogen-bond acceptors (Lipinski definition) is 3. The topological polar surface area (TPSA) is 38.7 Å². The van der Waals surface area contributed by atoms with Crippen LogP contribution in [0, 0.1) is 0 Å². The standard InChI is InChI=1S/C59H43N3Si/c1-63(2)55-28-10-9-27-53(55)54-34-33-50(39-56(54)63)49-24-12-23-48(36-49)47-22-11-19-44(35-47)42-29-31-43(32-30-42)57-60-58(51-25-13-20-45(37-51)40-15-5-3-6-16-40)62-59(61-57)52-26-14-21-46(38-52)41-17-7-4-8-18-41/h3-39H,1-2H3. The van der Waals surface area contributed by atoms with E-state index in [4.69, 9.17) is 15.0 Å². The molecule has 0 radical (unpaired) electrons. The molecule has 0 N–H and O–H groups in total. The third-order valence-electron chi connectivity index (χ3n) is 12.5. The average molecular weight is 822 g/mol. The molecule has 63 heavy (non-hydrogen) atoms. The van der Waals surface area contributed by atoms with E-state index in [0.717, 1.165) is 50.1 Å². The summed E-state index contributed by atoms with van der Waals surface area (Å²) in [6.45, 7) is 4.96. The summed E-state index contributed by atoms with van der Waals surface area (Å²) in [6.07, 6.45) is 0. The smallest absolute Gasteiger partial charge is 0.164 e. The van der Waals surface area contributed by atoms with Crippen LogP contribution in [0.25, 0.3) is 101 Å². The number of aromatic nitrogens is 3. The fraction of sp³-hybridized carbons (Fsp3) is 0.0339. The van der Waals surface area contributed by atoms with Crippen molar-refractivity contribution in [3.63, 3.8) is 0 Å². The van der Waals surface area contributed by atoms with Crippen LogP contribution in [0.4, 0.5) is 0 Å². The monoisotopic (exact) mass is 821 g/mol. The van der Waals surface area contributed by atoms with Gasteiger partial charge in [0, 0.05) is 16.7 Å². The lowest BCUT2D eigenvalue weighted by Gasteiger charge is -2.19. The normalized spacial score (nSPS) is 12.4. The van der Waals surface area contributed by atoms with Crippen LogP contribution in [0.2, 0.25) is 13.1 Å². The highest BCUT2D eigenvalue weighted by atomic mass is 28.3. The fourth-order valence-electron chi connectivity index (χ4n) is 9.15. The molecule has 1 aliphatic rings. The Balaban J connectivity index is 0.922. The van der Waals surface area contributed by atoms with E-state index in [1.165, 1.54) is 43.8 Å². The first-order chi connectivity index (χ1) is 30.9. The van der Waals surface area contributed by atoms with Crippen molar-refractivity contribution in [1.82, 2.24) is 15.0 Å². The molecule has 1 aliphatic heterocycles. The Kier molecular flexibility index (Phi) is 9.64. The van der Waals surface area contributed by atoms with Crippen molar-refractivity contribution in [2.24, 2.45) is 0 Å². The molecule has 0 saturated carbocycles. The Bertz CT molecular complexity index is 3200. The molecular weight excluding hydrogens is 779 g/mol. The first-order valence-electron chi connectivity index (χ1n) is 21.6. The lowest BCUT2D eigenvalue weighted by Crippen LogP contribution is -2.49. The second-order valence-corrected chi connectivity index (χ2v) is 21.2. The maximum absolute atomic E-state index is 5.12. The summed E-state index contributed by atoms with van der Waals surface area (Å²) in [5, 5.41) is 3.06. The molecule has 2 heterocycles. The molecule has 0 spiro atoms. The summed E-state index contributed by atoms with van der Waals surface area (Å²) in [7, 11) is -1.77. The Labute approximate surface area is 370 Å². The van der Waals surface area contributed by atoms with Crippen LogP contribution in [0.15, 0.2) is 224 Å². The SMILES string of the molecule is C[Si]1(C)c2ccccc2-c2ccc(-c3cccc(-c4cccc(-c5ccc(-c6nc(-c7cccc(-c8ccccc8)c7)nc(-c7cccc(-c8ccccc8)c7)n6)cc5)c4)c3)cc21. The fourth-order valence-corrected chi connectivity index (χ4v) is 12.3. The van der Waals surface area contributed by atoms with E-state index >= 15 is 0 Å². The number of fused-ring (bicyclic) bond motifs is 3. The highest BCUT2D eigenvalue weighted by Gasteiger charge is 2.37. The lowest BCUT2D eigenvalue weighted by molar-refractivity contribution is 1.07. The molecule has 0 amide bonds. The van der Waals surface area contributed by atoms with Crippen molar-refractivity contribution in [1.29, 1.82) is 0 Å². The van der Waals surface area contributed by atoms with Gasteiger partial charge in [0.2, 0.25) is 0 Å². The second-order valence-electron chi connectivity index (χ2n) is 16.9. The van der Waals surface area contributed by atoms with Gasteiger partial charge in [-0.1, -0.05) is 213 Å². The van der Waals surface area contributed by atoms with E-state index in [1.807, 2.05) is 12.1 Å². The van der Waals surface area contributed by atoms with Gasteiger partial charge in [0.1, 0.15) is 8.07 Å². The summed E-state index contributed by atoms with van der Waals surface area (Å²) >= 11 is 0. The van der Waals surface area contributed by atoms with Crippen LogP contribution in [0.1, 0.15) is 0 Å². The molecular formula is C59H43N3Si. The summed E-state index contributed by atoms with van der Waals surface area (Å²) in [5.41, 5.74) is 17.3. The van der Waals surface area contributed by atoms with E-state index in [0.29, 0.717) is 17.5 Å². The van der Waals surface area contributed by atoms with Gasteiger partial charge in [-0.05, 0) is 101 Å². The summed E-state index contributed by atoms with van der Waals surface area (Å²) in [6, 6.07) is 80.2. The van der Waals surface area contributed by atoms with Crippen molar-refractivity contribution in [3.8, 4) is 101 Å². The molecule has 0 fully saturated rings. The molecule has 0 bridgehead atoms. The molecule has 4 heteroatoms. The number of nitrogens with zero attached hydrogens (tertiary/aromatic N) is 3. The zero-order valence-corrected chi connectivity index (χ0v) is 36.2. The Morgan fingerprint density at radius 2 is 0.556 bits per heavy atom. The highest BCUT2D eigenvalue weighted by molar-refractivity contribution is 7.03. The zero-order valence-electron chi connectivity index (χ0n) is 35.2. The minimum absolute atomic E-state index is 0.629. The first-order valence-corrected chi connectivity index (χ1v) is 24.6. The van der Waals surface area contributed by atoms with Crippen molar-refractivity contribution in [2.45, 2.75) is 13.1 Å².